The normalized spacial score (nSPS) is 27.9. The fourth-order valence-electron chi connectivity index (χ4n) is 3.11. The molecule has 0 radical (unpaired) electrons. The lowest BCUT2D eigenvalue weighted by Gasteiger charge is -2.48. The van der Waals surface area contributed by atoms with E-state index in [0.29, 0.717) is 16.5 Å². The number of alkyl halides is 3. The summed E-state index contributed by atoms with van der Waals surface area (Å²) in [4.78, 5) is 1.40. The molecule has 1 saturated carbocycles. The van der Waals surface area contributed by atoms with Gasteiger partial charge in [-0.2, -0.15) is 13.2 Å². The molecule has 1 nitrogen and oxygen atoms in total. The third-order valence-corrected chi connectivity index (χ3v) is 4.86. The second kappa shape index (κ2) is 5.82. The molecule has 118 valence electrons. The highest BCUT2D eigenvalue weighted by Gasteiger charge is 2.47. The number of halogens is 5. The maximum Gasteiger partial charge on any atom is 0.412 e. The molecule has 0 saturated heterocycles. The molecule has 1 aliphatic carbocycles. The van der Waals surface area contributed by atoms with Crippen LogP contribution in [0.4, 0.5) is 13.2 Å². The van der Waals surface area contributed by atoms with Gasteiger partial charge in [0.05, 0.1) is 0 Å². The van der Waals surface area contributed by atoms with Gasteiger partial charge in [0.15, 0.2) is 0 Å². The Labute approximate surface area is 137 Å². The number of hydrogen-bond acceptors (Lipinski definition) is 1. The molecule has 2 aliphatic rings. The summed E-state index contributed by atoms with van der Waals surface area (Å²) in [5, 5.41) is 1.04. The average molecular weight is 348 g/mol. The van der Waals surface area contributed by atoms with Gasteiger partial charge in [-0.05, 0) is 36.6 Å². The number of rotatable bonds is 2. The van der Waals surface area contributed by atoms with E-state index in [4.69, 9.17) is 23.2 Å². The molecule has 1 aromatic rings. The van der Waals surface area contributed by atoms with Crippen molar-refractivity contribution in [3.05, 3.63) is 58.2 Å². The minimum atomic E-state index is -4.29. The van der Waals surface area contributed by atoms with Gasteiger partial charge < -0.3 is 4.90 Å². The first-order valence-corrected chi connectivity index (χ1v) is 7.77. The highest BCUT2D eigenvalue weighted by Crippen LogP contribution is 2.46. The second-order valence-electron chi connectivity index (χ2n) is 5.58. The molecule has 6 heteroatoms. The molecule has 0 bridgehead atoms. The summed E-state index contributed by atoms with van der Waals surface area (Å²) in [7, 11) is 0. The third-order valence-electron chi connectivity index (χ3n) is 4.30. The zero-order valence-electron chi connectivity index (χ0n) is 11.5. The van der Waals surface area contributed by atoms with Crippen molar-refractivity contribution >= 4 is 23.2 Å². The van der Waals surface area contributed by atoms with E-state index in [1.165, 1.54) is 23.3 Å². The summed E-state index contributed by atoms with van der Waals surface area (Å²) in [5.41, 5.74) is 0.867. The minimum Gasteiger partial charge on any atom is -0.359 e. The Morgan fingerprint density at radius 3 is 2.45 bits per heavy atom. The highest BCUT2D eigenvalue weighted by molar-refractivity contribution is 6.35. The lowest BCUT2D eigenvalue weighted by Crippen LogP contribution is -2.52. The van der Waals surface area contributed by atoms with Crippen LogP contribution in [0.1, 0.15) is 24.3 Å². The molecule has 1 aliphatic heterocycles. The number of allylic oxidation sites excluding steroid dienone is 2. The highest BCUT2D eigenvalue weighted by atomic mass is 35.5. The van der Waals surface area contributed by atoms with Gasteiger partial charge in [-0.25, -0.2) is 0 Å². The smallest absolute Gasteiger partial charge is 0.359 e. The van der Waals surface area contributed by atoms with E-state index in [9.17, 15) is 13.2 Å². The first kappa shape index (κ1) is 15.8. The monoisotopic (exact) mass is 347 g/mol. The van der Waals surface area contributed by atoms with Gasteiger partial charge in [-0.3, -0.25) is 0 Å². The number of nitrogens with zero attached hydrogens (tertiary/aromatic N) is 1. The summed E-state index contributed by atoms with van der Waals surface area (Å²) < 4.78 is 39.6. The van der Waals surface area contributed by atoms with Gasteiger partial charge in [0.1, 0.15) is 6.04 Å². The maximum atomic E-state index is 13.2. The lowest BCUT2D eigenvalue weighted by molar-refractivity contribution is -0.173. The van der Waals surface area contributed by atoms with Crippen LogP contribution in [0.3, 0.4) is 0 Å². The molecule has 1 fully saturated rings. The predicted molar refractivity (Wildman–Crippen MR) is 82.2 cm³/mol. The SMILES string of the molecule is FC(F)(F)[C@@H]1C=CC=CN1[C@H]1CCC1c1ccc(Cl)cc1Cl. The Bertz CT molecular complexity index is 624. The van der Waals surface area contributed by atoms with Crippen LogP contribution < -0.4 is 0 Å². The molecule has 3 atom stereocenters. The van der Waals surface area contributed by atoms with E-state index in [-0.39, 0.29) is 12.0 Å². The first-order chi connectivity index (χ1) is 10.4. The van der Waals surface area contributed by atoms with E-state index < -0.39 is 12.2 Å². The van der Waals surface area contributed by atoms with Crippen molar-refractivity contribution in [2.45, 2.75) is 37.0 Å². The Morgan fingerprint density at radius 2 is 1.86 bits per heavy atom. The Morgan fingerprint density at radius 1 is 1.09 bits per heavy atom. The van der Waals surface area contributed by atoms with Crippen LogP contribution >= 0.6 is 23.2 Å². The van der Waals surface area contributed by atoms with Crippen LogP contribution in [0.15, 0.2) is 42.6 Å². The van der Waals surface area contributed by atoms with Crippen LogP contribution in [0.25, 0.3) is 0 Å². The van der Waals surface area contributed by atoms with Gasteiger partial charge >= 0.3 is 6.18 Å². The number of benzene rings is 1. The Balaban J connectivity index is 1.86. The molecular formula is C16H14Cl2F3N. The first-order valence-electron chi connectivity index (χ1n) is 7.02. The molecule has 22 heavy (non-hydrogen) atoms. The van der Waals surface area contributed by atoms with E-state index in [1.807, 2.05) is 6.07 Å². The Kier molecular flexibility index (Phi) is 4.17. The van der Waals surface area contributed by atoms with Crippen molar-refractivity contribution in [3.63, 3.8) is 0 Å². The van der Waals surface area contributed by atoms with Crippen LogP contribution in [0.5, 0.6) is 0 Å². The lowest BCUT2D eigenvalue weighted by atomic mass is 9.73. The van der Waals surface area contributed by atoms with Gasteiger partial charge in [-0.1, -0.05) is 41.4 Å². The molecule has 1 heterocycles. The summed E-state index contributed by atoms with van der Waals surface area (Å²) in [5.74, 6) is -0.00855. The second-order valence-corrected chi connectivity index (χ2v) is 6.42. The molecule has 0 N–H and O–H groups in total. The molecule has 0 spiro atoms. The minimum absolute atomic E-state index is 0.00855. The fraction of sp³-hybridized carbons (Fsp3) is 0.375. The van der Waals surface area contributed by atoms with Crippen molar-refractivity contribution in [2.24, 2.45) is 0 Å². The zero-order chi connectivity index (χ0) is 15.9. The van der Waals surface area contributed by atoms with Gasteiger partial charge in [0.2, 0.25) is 0 Å². The maximum absolute atomic E-state index is 13.2. The average Bonchev–Trinajstić information content (AvgIpc) is 2.40. The molecule has 3 rings (SSSR count). The topological polar surface area (TPSA) is 3.24 Å². The van der Waals surface area contributed by atoms with Crippen molar-refractivity contribution < 1.29 is 13.2 Å². The van der Waals surface area contributed by atoms with Crippen LogP contribution in [0.2, 0.25) is 10.0 Å². The van der Waals surface area contributed by atoms with E-state index in [0.717, 1.165) is 12.0 Å². The summed E-state index contributed by atoms with van der Waals surface area (Å²) in [6.07, 6.45) is 3.06. The molecule has 1 unspecified atom stereocenters. The predicted octanol–water partition coefficient (Wildman–Crippen LogP) is 5.56. The third kappa shape index (κ3) is 2.86. The van der Waals surface area contributed by atoms with E-state index in [1.54, 1.807) is 18.2 Å². The van der Waals surface area contributed by atoms with Crippen LogP contribution in [0, 0.1) is 0 Å². The number of hydrogen-bond donors (Lipinski definition) is 0. The quantitative estimate of drug-likeness (QED) is 0.677. The van der Waals surface area contributed by atoms with E-state index >= 15 is 0 Å². The largest absolute Gasteiger partial charge is 0.412 e. The van der Waals surface area contributed by atoms with Crippen molar-refractivity contribution in [3.8, 4) is 0 Å². The molecule has 1 aromatic carbocycles. The molecule has 0 amide bonds. The van der Waals surface area contributed by atoms with Gasteiger partial charge in [0.25, 0.3) is 0 Å². The Hall–Kier alpha value is -1.13. The van der Waals surface area contributed by atoms with Crippen LogP contribution in [-0.2, 0) is 0 Å². The summed E-state index contributed by atoms with van der Waals surface area (Å²) in [6.45, 7) is 0. The summed E-state index contributed by atoms with van der Waals surface area (Å²) >= 11 is 12.1. The van der Waals surface area contributed by atoms with Gasteiger partial charge in [-0.15, -0.1) is 0 Å². The fourth-order valence-corrected chi connectivity index (χ4v) is 3.66. The van der Waals surface area contributed by atoms with Gasteiger partial charge in [0, 0.05) is 28.2 Å². The molecule has 0 aromatic heterocycles. The van der Waals surface area contributed by atoms with Crippen molar-refractivity contribution in [2.75, 3.05) is 0 Å². The van der Waals surface area contributed by atoms with Crippen molar-refractivity contribution in [1.82, 2.24) is 4.90 Å². The van der Waals surface area contributed by atoms with Crippen LogP contribution in [-0.4, -0.2) is 23.2 Å². The van der Waals surface area contributed by atoms with Crippen molar-refractivity contribution in [1.29, 1.82) is 0 Å². The summed E-state index contributed by atoms with van der Waals surface area (Å²) in [6, 6.07) is 3.41. The standard InChI is InChI=1S/C16H14Cl2F3N/c17-10-4-5-11(13(18)9-10)12-6-7-14(12)22-8-2-1-3-15(22)16(19,20)21/h1-5,8-9,12,14-15H,6-7H2/t12?,14-,15-/m0/s1. The van der Waals surface area contributed by atoms with E-state index in [2.05, 4.69) is 0 Å². The molecular weight excluding hydrogens is 334 g/mol. The zero-order valence-corrected chi connectivity index (χ0v) is 13.0.